The number of hydrogen-bond donors (Lipinski definition) is 3. The van der Waals surface area contributed by atoms with E-state index in [1.807, 2.05) is 23.6 Å². The normalized spacial score (nSPS) is 22.2. The molecule has 3 N–H and O–H groups in total. The molecule has 2 heterocycles. The molecular formula is C31H45F2N9O3S. The molecule has 2 aliphatic carbocycles. The van der Waals surface area contributed by atoms with Crippen molar-refractivity contribution in [3.8, 4) is 0 Å². The van der Waals surface area contributed by atoms with E-state index in [2.05, 4.69) is 32.2 Å². The minimum absolute atomic E-state index is 0.0585. The Morgan fingerprint density at radius 1 is 1.00 bits per heavy atom. The van der Waals surface area contributed by atoms with E-state index in [-0.39, 0.29) is 35.6 Å². The number of aromatic nitrogens is 4. The summed E-state index contributed by atoms with van der Waals surface area (Å²) in [5.74, 6) is -0.537. The maximum absolute atomic E-state index is 14.7. The lowest BCUT2D eigenvalue weighted by Gasteiger charge is -2.32. The van der Waals surface area contributed by atoms with Gasteiger partial charge in [-0.2, -0.15) is 4.98 Å². The molecular weight excluding hydrogens is 616 g/mol. The topological polar surface area (TPSA) is 137 Å². The first-order valence-corrected chi connectivity index (χ1v) is 17.9. The first-order chi connectivity index (χ1) is 21.9. The smallest absolute Gasteiger partial charge is 0.225 e. The molecule has 2 saturated carbocycles. The van der Waals surface area contributed by atoms with Crippen LogP contribution in [-0.4, -0.2) is 95.7 Å². The van der Waals surface area contributed by atoms with Crippen LogP contribution in [0.15, 0.2) is 24.4 Å². The number of amides is 1. The predicted octanol–water partition coefficient (Wildman–Crippen LogP) is 4.26. The Labute approximate surface area is 269 Å². The average Bonchev–Trinajstić information content (AvgIpc) is 3.38. The second-order valence-electron chi connectivity index (χ2n) is 12.7. The van der Waals surface area contributed by atoms with Crippen molar-refractivity contribution in [2.45, 2.75) is 76.4 Å². The molecule has 0 bridgehead atoms. The minimum atomic E-state index is -3.26. The zero-order valence-corrected chi connectivity index (χ0v) is 27.8. The van der Waals surface area contributed by atoms with Crippen LogP contribution in [0.5, 0.6) is 0 Å². The summed E-state index contributed by atoms with van der Waals surface area (Å²) in [6.07, 6.45) is 8.52. The lowest BCUT2D eigenvalue weighted by Crippen LogP contribution is -2.39. The van der Waals surface area contributed by atoms with Gasteiger partial charge in [-0.05, 0) is 77.1 Å². The maximum atomic E-state index is 14.7. The second kappa shape index (κ2) is 14.6. The van der Waals surface area contributed by atoms with Gasteiger partial charge in [0.15, 0.2) is 5.65 Å². The number of fused-ring (bicyclic) bond motifs is 1. The molecule has 0 unspecified atom stereocenters. The molecule has 0 atom stereocenters. The minimum Gasteiger partial charge on any atom is -0.351 e. The van der Waals surface area contributed by atoms with E-state index in [4.69, 9.17) is 9.97 Å². The summed E-state index contributed by atoms with van der Waals surface area (Å²) in [5.41, 5.74) is 1.19. The molecule has 46 heavy (non-hydrogen) atoms. The number of rotatable bonds is 12. The van der Waals surface area contributed by atoms with Gasteiger partial charge in [0.1, 0.15) is 17.2 Å². The van der Waals surface area contributed by atoms with Crippen LogP contribution in [0, 0.1) is 17.6 Å². The Balaban J connectivity index is 1.35. The second-order valence-corrected chi connectivity index (χ2v) is 14.5. The van der Waals surface area contributed by atoms with Gasteiger partial charge in [-0.1, -0.05) is 6.92 Å². The van der Waals surface area contributed by atoms with Crippen molar-refractivity contribution in [1.82, 2.24) is 34.0 Å². The molecule has 15 heteroatoms. The van der Waals surface area contributed by atoms with E-state index in [0.29, 0.717) is 68.1 Å². The van der Waals surface area contributed by atoms with Crippen LogP contribution < -0.4 is 15.4 Å². The zero-order chi connectivity index (χ0) is 33.0. The number of imidazole rings is 1. The molecule has 252 valence electrons. The summed E-state index contributed by atoms with van der Waals surface area (Å²) < 4.78 is 56.3. The SMILES string of the molecule is CCN(C)CCN(C)C(=O)[C@H]1CC[C@@H](n2c(Nc3ccc(F)cc3F)nc3cnc(N[C@H]4CC[C@H](NS(C)(=O)=O)CC4)nc32)CC1. The van der Waals surface area contributed by atoms with Crippen LogP contribution in [0.25, 0.3) is 11.2 Å². The molecule has 1 aromatic carbocycles. The number of nitrogens with zero attached hydrogens (tertiary/aromatic N) is 6. The van der Waals surface area contributed by atoms with Crippen LogP contribution in [0.1, 0.15) is 64.3 Å². The van der Waals surface area contributed by atoms with Crippen LogP contribution >= 0.6 is 0 Å². The van der Waals surface area contributed by atoms with Crippen LogP contribution in [-0.2, 0) is 14.8 Å². The average molecular weight is 662 g/mol. The monoisotopic (exact) mass is 661 g/mol. The number of carbonyl (C=O) groups excluding carboxylic acids is 1. The first-order valence-electron chi connectivity index (χ1n) is 16.0. The molecule has 0 spiro atoms. The van der Waals surface area contributed by atoms with Gasteiger partial charge in [0.25, 0.3) is 0 Å². The number of sulfonamides is 1. The van der Waals surface area contributed by atoms with Gasteiger partial charge in [-0.3, -0.25) is 9.36 Å². The Hall–Kier alpha value is -3.43. The number of nitrogens with one attached hydrogen (secondary N) is 3. The van der Waals surface area contributed by atoms with E-state index >= 15 is 0 Å². The van der Waals surface area contributed by atoms with Gasteiger partial charge in [0, 0.05) is 50.2 Å². The van der Waals surface area contributed by atoms with Crippen molar-refractivity contribution in [3.05, 3.63) is 36.0 Å². The molecule has 12 nitrogen and oxygen atoms in total. The fourth-order valence-corrected chi connectivity index (χ4v) is 7.27. The van der Waals surface area contributed by atoms with Crippen molar-refractivity contribution in [1.29, 1.82) is 0 Å². The lowest BCUT2D eigenvalue weighted by molar-refractivity contribution is -0.135. The van der Waals surface area contributed by atoms with Crippen LogP contribution in [0.2, 0.25) is 0 Å². The van der Waals surface area contributed by atoms with E-state index in [1.165, 1.54) is 18.4 Å². The van der Waals surface area contributed by atoms with Gasteiger partial charge in [0.05, 0.1) is 18.1 Å². The number of likely N-dealkylation sites (N-methyl/N-ethyl adjacent to an activating group) is 2. The summed E-state index contributed by atoms with van der Waals surface area (Å²) in [6.45, 7) is 4.51. The highest BCUT2D eigenvalue weighted by atomic mass is 32.2. The Bertz CT molecular complexity index is 1620. The molecule has 0 radical (unpaired) electrons. The number of anilines is 3. The lowest BCUT2D eigenvalue weighted by atomic mass is 9.85. The Morgan fingerprint density at radius 3 is 2.35 bits per heavy atom. The molecule has 3 aromatic rings. The molecule has 2 aliphatic rings. The van der Waals surface area contributed by atoms with E-state index < -0.39 is 21.7 Å². The van der Waals surface area contributed by atoms with Crippen LogP contribution in [0.3, 0.4) is 0 Å². The highest BCUT2D eigenvalue weighted by molar-refractivity contribution is 7.88. The number of benzene rings is 1. The molecule has 0 saturated heterocycles. The number of hydrogen-bond acceptors (Lipinski definition) is 9. The highest BCUT2D eigenvalue weighted by Gasteiger charge is 2.32. The van der Waals surface area contributed by atoms with Crippen molar-refractivity contribution in [3.63, 3.8) is 0 Å². The molecule has 5 rings (SSSR count). The maximum Gasteiger partial charge on any atom is 0.225 e. The fourth-order valence-electron chi connectivity index (χ4n) is 6.43. The van der Waals surface area contributed by atoms with Gasteiger partial charge < -0.3 is 20.4 Å². The highest BCUT2D eigenvalue weighted by Crippen LogP contribution is 2.38. The van der Waals surface area contributed by atoms with Crippen LogP contribution in [0.4, 0.5) is 26.4 Å². The third-order valence-electron chi connectivity index (χ3n) is 9.20. The molecule has 2 fully saturated rings. The Kier molecular flexibility index (Phi) is 10.7. The standard InChI is InChI=1S/C31H45F2N9O3S/c1-5-40(2)16-17-41(3)29(43)20-6-13-24(14-7-20)42-28-27(37-31(42)36-26-15-8-21(32)18-25(26)33)19-34-30(38-28)35-22-9-11-23(12-10-22)39-46(4,44)45/h8,15,18-20,22-24,39H,5-7,9-14,16-17H2,1-4H3,(H,36,37)(H,34,35,38)/t20-,22-,23-,24+. The van der Waals surface area contributed by atoms with Crippen molar-refractivity contribution >= 4 is 44.7 Å². The summed E-state index contributed by atoms with van der Waals surface area (Å²) in [4.78, 5) is 31.3. The fraction of sp³-hybridized carbons (Fsp3) is 0.613. The Morgan fingerprint density at radius 2 is 1.70 bits per heavy atom. The molecule has 0 aliphatic heterocycles. The van der Waals surface area contributed by atoms with Gasteiger partial charge in [-0.15, -0.1) is 0 Å². The van der Waals surface area contributed by atoms with Crippen molar-refractivity contribution in [2.75, 3.05) is 50.6 Å². The quantitative estimate of drug-likeness (QED) is 0.260. The third-order valence-corrected chi connectivity index (χ3v) is 9.96. The summed E-state index contributed by atoms with van der Waals surface area (Å²) >= 11 is 0. The van der Waals surface area contributed by atoms with Gasteiger partial charge in [-0.25, -0.2) is 31.9 Å². The largest absolute Gasteiger partial charge is 0.351 e. The summed E-state index contributed by atoms with van der Waals surface area (Å²) in [7, 11) is 0.640. The van der Waals surface area contributed by atoms with Gasteiger partial charge in [0.2, 0.25) is 27.8 Å². The zero-order valence-electron chi connectivity index (χ0n) is 27.0. The molecule has 1 amide bonds. The number of halogens is 2. The van der Waals surface area contributed by atoms with E-state index in [9.17, 15) is 22.0 Å². The van der Waals surface area contributed by atoms with Crippen molar-refractivity contribution < 1.29 is 22.0 Å². The van der Waals surface area contributed by atoms with Crippen molar-refractivity contribution in [2.24, 2.45) is 5.92 Å². The third kappa shape index (κ3) is 8.48. The predicted molar refractivity (Wildman–Crippen MR) is 174 cm³/mol. The van der Waals surface area contributed by atoms with E-state index in [1.54, 1.807) is 6.20 Å². The number of carbonyl (C=O) groups is 1. The first kappa shape index (κ1) is 33.9. The summed E-state index contributed by atoms with van der Waals surface area (Å²) in [6, 6.07) is 3.28. The summed E-state index contributed by atoms with van der Waals surface area (Å²) in [5, 5.41) is 6.45. The molecule has 2 aromatic heterocycles. The van der Waals surface area contributed by atoms with Gasteiger partial charge >= 0.3 is 0 Å². The van der Waals surface area contributed by atoms with E-state index in [0.717, 1.165) is 32.0 Å².